The minimum absolute atomic E-state index is 0.180. The molecular weight excluding hydrogens is 500 g/mol. The highest BCUT2D eigenvalue weighted by Crippen LogP contribution is 2.29. The van der Waals surface area contributed by atoms with Gasteiger partial charge in [-0.25, -0.2) is 9.97 Å². The predicted octanol–water partition coefficient (Wildman–Crippen LogP) is 3.04. The molecule has 0 spiro atoms. The van der Waals surface area contributed by atoms with Gasteiger partial charge in [0.15, 0.2) is 5.65 Å². The lowest BCUT2D eigenvalue weighted by molar-refractivity contribution is -0.108. The Hall–Kier alpha value is -3.28. The summed E-state index contributed by atoms with van der Waals surface area (Å²) in [6.07, 6.45) is 9.90. The Bertz CT molecular complexity index is 1150. The van der Waals surface area contributed by atoms with Gasteiger partial charge in [0.2, 0.25) is 5.88 Å². The summed E-state index contributed by atoms with van der Waals surface area (Å²) in [7, 11) is 0. The number of ether oxygens (including phenoxy) is 3. The maximum absolute atomic E-state index is 10.2. The van der Waals surface area contributed by atoms with Crippen molar-refractivity contribution >= 4 is 23.6 Å². The largest absolute Gasteiger partial charge is 0.475 e. The number of aryl methyl sites for hydroxylation is 1. The zero-order valence-corrected chi connectivity index (χ0v) is 22.8. The third-order valence-corrected chi connectivity index (χ3v) is 6.80. The van der Waals surface area contributed by atoms with Gasteiger partial charge < -0.3 is 34.3 Å². The number of carbonyl (C=O) groups excluding carboxylic acids is 1. The van der Waals surface area contributed by atoms with Crippen molar-refractivity contribution < 1.29 is 24.1 Å². The highest BCUT2D eigenvalue weighted by Gasteiger charge is 2.25. The third kappa shape index (κ3) is 8.11. The number of pyridine rings is 1. The molecule has 1 aliphatic rings. The quantitative estimate of drug-likeness (QED) is 0.195. The van der Waals surface area contributed by atoms with Gasteiger partial charge in [0, 0.05) is 56.1 Å². The molecule has 11 heteroatoms. The molecule has 3 aromatic rings. The van der Waals surface area contributed by atoms with Crippen molar-refractivity contribution in [2.75, 3.05) is 56.4 Å². The molecule has 1 saturated heterocycles. The number of anilines is 2. The highest BCUT2D eigenvalue weighted by molar-refractivity contribution is 5.61. The van der Waals surface area contributed by atoms with Gasteiger partial charge in [-0.05, 0) is 37.7 Å². The number of aliphatic hydroxyl groups excluding tert-OH is 1. The van der Waals surface area contributed by atoms with Gasteiger partial charge in [-0.3, -0.25) is 0 Å². The van der Waals surface area contributed by atoms with Crippen molar-refractivity contribution in [2.24, 2.45) is 0 Å². The fourth-order valence-electron chi connectivity index (χ4n) is 4.72. The zero-order chi connectivity index (χ0) is 27.3. The fraction of sp³-hybridized carbons (Fsp3) is 0.571. The number of fused-ring (bicyclic) bond motifs is 1. The predicted molar refractivity (Wildman–Crippen MR) is 148 cm³/mol. The molecule has 3 aromatic heterocycles. The molecule has 11 nitrogen and oxygen atoms in total. The first-order valence-corrected chi connectivity index (χ1v) is 13.9. The zero-order valence-electron chi connectivity index (χ0n) is 22.8. The summed E-state index contributed by atoms with van der Waals surface area (Å²) in [5.74, 6) is 2.34. The minimum Gasteiger partial charge on any atom is -0.475 e. The Morgan fingerprint density at radius 3 is 2.74 bits per heavy atom. The van der Waals surface area contributed by atoms with E-state index in [1.165, 1.54) is 6.42 Å². The number of aliphatic hydroxyl groups is 1. The van der Waals surface area contributed by atoms with Gasteiger partial charge in [0.1, 0.15) is 24.5 Å². The van der Waals surface area contributed by atoms with E-state index in [9.17, 15) is 9.90 Å². The second-order valence-electron chi connectivity index (χ2n) is 9.50. The molecule has 0 amide bonds. The molecule has 0 unspecified atom stereocenters. The van der Waals surface area contributed by atoms with Crippen molar-refractivity contribution in [1.82, 2.24) is 19.6 Å². The van der Waals surface area contributed by atoms with E-state index in [1.807, 2.05) is 22.8 Å². The first-order chi connectivity index (χ1) is 19.2. The molecule has 212 valence electrons. The van der Waals surface area contributed by atoms with E-state index in [1.54, 1.807) is 6.20 Å². The van der Waals surface area contributed by atoms with E-state index in [0.717, 1.165) is 66.9 Å². The summed E-state index contributed by atoms with van der Waals surface area (Å²) in [5.41, 5.74) is 2.98. The van der Waals surface area contributed by atoms with Crippen molar-refractivity contribution in [2.45, 2.75) is 58.0 Å². The van der Waals surface area contributed by atoms with Crippen LogP contribution in [-0.4, -0.2) is 83.2 Å². The van der Waals surface area contributed by atoms with Crippen LogP contribution in [0.15, 0.2) is 30.6 Å². The number of aldehydes is 1. The Morgan fingerprint density at radius 2 is 1.97 bits per heavy atom. The third-order valence-electron chi connectivity index (χ3n) is 6.80. The molecule has 1 atom stereocenters. The van der Waals surface area contributed by atoms with Gasteiger partial charge in [-0.1, -0.05) is 13.0 Å². The highest BCUT2D eigenvalue weighted by atomic mass is 16.5. The van der Waals surface area contributed by atoms with Gasteiger partial charge in [-0.15, -0.1) is 0 Å². The second kappa shape index (κ2) is 15.3. The van der Waals surface area contributed by atoms with Crippen molar-refractivity contribution in [3.8, 4) is 5.88 Å². The summed E-state index contributed by atoms with van der Waals surface area (Å²) in [5, 5.41) is 17.7. The lowest BCUT2D eigenvalue weighted by Gasteiger charge is -2.36. The van der Waals surface area contributed by atoms with E-state index >= 15 is 0 Å². The first-order valence-electron chi connectivity index (χ1n) is 13.9. The van der Waals surface area contributed by atoms with Crippen LogP contribution in [-0.2, 0) is 27.2 Å². The standard InChI is InChI=1S/C28H40N6O5/c1-2-23-21-31-34-25(18-26(32-28(23)34)33-10-4-3-6-24(33)9-12-36)29-19-22-7-8-27(30-20-22)39-17-16-38-15-14-37-13-5-11-35/h7-8,11,18,20-21,24,29,36H,2-6,9-10,12-17,19H2,1H3/t24-/m0/s1. The first kappa shape index (κ1) is 28.7. The van der Waals surface area contributed by atoms with E-state index in [-0.39, 0.29) is 6.61 Å². The topological polar surface area (TPSA) is 123 Å². The van der Waals surface area contributed by atoms with Crippen LogP contribution in [0, 0.1) is 0 Å². The minimum atomic E-state index is 0.180. The molecular formula is C28H40N6O5. The molecule has 39 heavy (non-hydrogen) atoms. The SMILES string of the molecule is CCc1cnn2c(NCc3ccc(OCCOCCOCCC=O)nc3)cc(N3CCCC[C@H]3CCO)nc12. The Morgan fingerprint density at radius 1 is 1.13 bits per heavy atom. The molecule has 0 bridgehead atoms. The number of piperidine rings is 1. The van der Waals surface area contributed by atoms with Gasteiger partial charge in [0.05, 0.1) is 32.6 Å². The molecule has 4 rings (SSSR count). The molecule has 1 fully saturated rings. The van der Waals surface area contributed by atoms with Crippen molar-refractivity contribution in [3.05, 3.63) is 41.7 Å². The fourth-order valence-corrected chi connectivity index (χ4v) is 4.72. The average molecular weight is 541 g/mol. The summed E-state index contributed by atoms with van der Waals surface area (Å²) >= 11 is 0. The van der Waals surface area contributed by atoms with Crippen LogP contribution in [0.5, 0.6) is 5.88 Å². The Labute approximate surface area is 229 Å². The smallest absolute Gasteiger partial charge is 0.213 e. The van der Waals surface area contributed by atoms with E-state index < -0.39 is 0 Å². The second-order valence-corrected chi connectivity index (χ2v) is 9.50. The molecule has 0 aliphatic carbocycles. The van der Waals surface area contributed by atoms with E-state index in [2.05, 4.69) is 33.3 Å². The normalized spacial score (nSPS) is 15.5. The monoisotopic (exact) mass is 540 g/mol. The van der Waals surface area contributed by atoms with Gasteiger partial charge in [-0.2, -0.15) is 9.61 Å². The molecule has 1 aliphatic heterocycles. The lowest BCUT2D eigenvalue weighted by atomic mass is 9.99. The average Bonchev–Trinajstić information content (AvgIpc) is 3.39. The number of nitrogens with one attached hydrogen (secondary N) is 1. The summed E-state index contributed by atoms with van der Waals surface area (Å²) < 4.78 is 18.2. The molecule has 0 aromatic carbocycles. The van der Waals surface area contributed by atoms with Crippen LogP contribution in [0.4, 0.5) is 11.6 Å². The van der Waals surface area contributed by atoms with Crippen LogP contribution >= 0.6 is 0 Å². The molecule has 4 heterocycles. The van der Waals surface area contributed by atoms with E-state index in [4.69, 9.17) is 19.2 Å². The number of carbonyl (C=O) groups is 1. The Kier molecular flexibility index (Phi) is 11.3. The molecule has 2 N–H and O–H groups in total. The summed E-state index contributed by atoms with van der Waals surface area (Å²) in [6.45, 7) is 5.97. The summed E-state index contributed by atoms with van der Waals surface area (Å²) in [6, 6.07) is 6.19. The van der Waals surface area contributed by atoms with Crippen LogP contribution in [0.1, 0.15) is 50.2 Å². The number of rotatable bonds is 17. The maximum atomic E-state index is 10.2. The molecule has 0 radical (unpaired) electrons. The maximum Gasteiger partial charge on any atom is 0.213 e. The van der Waals surface area contributed by atoms with Crippen molar-refractivity contribution in [3.63, 3.8) is 0 Å². The number of aromatic nitrogens is 4. The van der Waals surface area contributed by atoms with Gasteiger partial charge >= 0.3 is 0 Å². The Balaban J connectivity index is 1.34. The number of hydrogen-bond acceptors (Lipinski definition) is 10. The van der Waals surface area contributed by atoms with Gasteiger partial charge in [0.25, 0.3) is 0 Å². The number of nitrogens with zero attached hydrogens (tertiary/aromatic N) is 5. The van der Waals surface area contributed by atoms with E-state index in [0.29, 0.717) is 57.9 Å². The van der Waals surface area contributed by atoms with Crippen LogP contribution < -0.4 is 15.0 Å². The molecule has 0 saturated carbocycles. The summed E-state index contributed by atoms with van der Waals surface area (Å²) in [4.78, 5) is 22.0. The van der Waals surface area contributed by atoms with Crippen LogP contribution in [0.25, 0.3) is 5.65 Å². The lowest BCUT2D eigenvalue weighted by Crippen LogP contribution is -2.40. The van der Waals surface area contributed by atoms with Crippen LogP contribution in [0.2, 0.25) is 0 Å². The number of hydrogen-bond donors (Lipinski definition) is 2. The van der Waals surface area contributed by atoms with Crippen LogP contribution in [0.3, 0.4) is 0 Å². The van der Waals surface area contributed by atoms with Crippen molar-refractivity contribution in [1.29, 1.82) is 0 Å².